The van der Waals surface area contributed by atoms with E-state index in [1.807, 2.05) is 0 Å². The van der Waals surface area contributed by atoms with Crippen molar-refractivity contribution in [3.05, 3.63) is 0 Å². The van der Waals surface area contributed by atoms with E-state index in [1.54, 1.807) is 16.7 Å². The molecule has 0 spiro atoms. The van der Waals surface area contributed by atoms with Gasteiger partial charge < -0.3 is 5.73 Å². The maximum Gasteiger partial charge on any atom is 0.229 e. The number of anilines is 1. The van der Waals surface area contributed by atoms with Gasteiger partial charge in [-0.3, -0.25) is 9.69 Å². The van der Waals surface area contributed by atoms with Gasteiger partial charge in [-0.2, -0.15) is 0 Å². The molecule has 1 saturated heterocycles. The summed E-state index contributed by atoms with van der Waals surface area (Å²) in [5, 5.41) is 8.88. The first kappa shape index (κ1) is 12.8. The van der Waals surface area contributed by atoms with Gasteiger partial charge in [0.15, 0.2) is 4.34 Å². The van der Waals surface area contributed by atoms with E-state index >= 15 is 0 Å². The van der Waals surface area contributed by atoms with Crippen molar-refractivity contribution >= 4 is 34.1 Å². The molecule has 0 radical (unpaired) electrons. The van der Waals surface area contributed by atoms with E-state index in [2.05, 4.69) is 17.1 Å². The van der Waals surface area contributed by atoms with Gasteiger partial charge in [0, 0.05) is 18.7 Å². The number of amides is 1. The fourth-order valence-corrected chi connectivity index (χ4v) is 3.48. The van der Waals surface area contributed by atoms with E-state index in [1.165, 1.54) is 11.3 Å². The molecule has 17 heavy (non-hydrogen) atoms. The van der Waals surface area contributed by atoms with Crippen molar-refractivity contribution in [3.8, 4) is 0 Å². The van der Waals surface area contributed by atoms with Gasteiger partial charge in [0.1, 0.15) is 0 Å². The maximum absolute atomic E-state index is 11.8. The number of hydrogen-bond donors (Lipinski definition) is 1. The number of nitrogens with zero attached hydrogens (tertiary/aromatic N) is 3. The Kier molecular flexibility index (Phi) is 4.36. The molecule has 1 fully saturated rings. The van der Waals surface area contributed by atoms with E-state index < -0.39 is 0 Å². The summed E-state index contributed by atoms with van der Waals surface area (Å²) in [7, 11) is 0. The standard InChI is InChI=1S/C10H16N4OS2/c1-2-3-16-10-13-12-9(17-10)14-6-7(5-11)4-8(14)15/h7H,2-6,11H2,1H3. The topological polar surface area (TPSA) is 72.1 Å². The Bertz CT molecular complexity index is 395. The summed E-state index contributed by atoms with van der Waals surface area (Å²) in [4.78, 5) is 13.5. The Balaban J connectivity index is 2.02. The molecule has 1 unspecified atom stereocenters. The molecule has 2 N–H and O–H groups in total. The van der Waals surface area contributed by atoms with Crippen molar-refractivity contribution in [2.45, 2.75) is 24.1 Å². The summed E-state index contributed by atoms with van der Waals surface area (Å²) in [5.74, 6) is 1.41. The molecule has 1 amide bonds. The summed E-state index contributed by atoms with van der Waals surface area (Å²) in [6.45, 7) is 3.37. The number of hydrogen-bond acceptors (Lipinski definition) is 6. The summed E-state index contributed by atoms with van der Waals surface area (Å²) < 4.78 is 0.936. The minimum atomic E-state index is 0.114. The minimum Gasteiger partial charge on any atom is -0.330 e. The van der Waals surface area contributed by atoms with Crippen LogP contribution in [-0.2, 0) is 4.79 Å². The zero-order chi connectivity index (χ0) is 12.3. The molecule has 1 aromatic heterocycles. The average molecular weight is 272 g/mol. The van der Waals surface area contributed by atoms with E-state index in [9.17, 15) is 4.79 Å². The van der Waals surface area contributed by atoms with Crippen LogP contribution in [0.2, 0.25) is 0 Å². The van der Waals surface area contributed by atoms with Gasteiger partial charge in [-0.05, 0) is 18.9 Å². The van der Waals surface area contributed by atoms with Crippen LogP contribution in [-0.4, -0.2) is 34.9 Å². The van der Waals surface area contributed by atoms with Gasteiger partial charge in [0.25, 0.3) is 0 Å². The monoisotopic (exact) mass is 272 g/mol. The Morgan fingerprint density at radius 3 is 3.06 bits per heavy atom. The van der Waals surface area contributed by atoms with Gasteiger partial charge in [0.2, 0.25) is 11.0 Å². The van der Waals surface area contributed by atoms with Gasteiger partial charge in [-0.15, -0.1) is 10.2 Å². The first-order valence-corrected chi connectivity index (χ1v) is 7.51. The van der Waals surface area contributed by atoms with Crippen LogP contribution in [0.15, 0.2) is 4.34 Å². The zero-order valence-corrected chi connectivity index (χ0v) is 11.4. The second kappa shape index (κ2) is 5.79. The lowest BCUT2D eigenvalue weighted by Crippen LogP contribution is -2.25. The Morgan fingerprint density at radius 2 is 2.41 bits per heavy atom. The molecule has 7 heteroatoms. The van der Waals surface area contributed by atoms with Crippen LogP contribution in [0.25, 0.3) is 0 Å². The van der Waals surface area contributed by atoms with Crippen molar-refractivity contribution < 1.29 is 4.79 Å². The van der Waals surface area contributed by atoms with Crippen molar-refractivity contribution in [2.24, 2.45) is 11.7 Å². The SMILES string of the molecule is CCCSc1nnc(N2CC(CN)CC2=O)s1. The fourth-order valence-electron chi connectivity index (χ4n) is 1.68. The quantitative estimate of drug-likeness (QED) is 0.647. The van der Waals surface area contributed by atoms with E-state index in [-0.39, 0.29) is 11.8 Å². The van der Waals surface area contributed by atoms with Crippen LogP contribution >= 0.6 is 23.1 Å². The Labute approximate surface area is 109 Å². The van der Waals surface area contributed by atoms with Crippen molar-refractivity contribution in [1.82, 2.24) is 10.2 Å². The highest BCUT2D eigenvalue weighted by Gasteiger charge is 2.31. The number of carbonyl (C=O) groups excluding carboxylic acids is 1. The highest BCUT2D eigenvalue weighted by molar-refractivity contribution is 8.01. The molecule has 1 aromatic rings. The highest BCUT2D eigenvalue weighted by Crippen LogP contribution is 2.31. The summed E-state index contributed by atoms with van der Waals surface area (Å²) >= 11 is 3.18. The molecule has 1 aliphatic heterocycles. The Morgan fingerprint density at radius 1 is 1.59 bits per heavy atom. The third kappa shape index (κ3) is 2.97. The third-order valence-corrected chi connectivity index (χ3v) is 4.88. The molecular weight excluding hydrogens is 256 g/mol. The molecular formula is C10H16N4OS2. The van der Waals surface area contributed by atoms with Crippen LogP contribution < -0.4 is 10.6 Å². The van der Waals surface area contributed by atoms with Crippen molar-refractivity contribution in [1.29, 1.82) is 0 Å². The Hall–Kier alpha value is -0.660. The second-order valence-corrected chi connectivity index (χ2v) is 6.31. The van der Waals surface area contributed by atoms with E-state index in [0.29, 0.717) is 24.6 Å². The molecule has 5 nitrogen and oxygen atoms in total. The highest BCUT2D eigenvalue weighted by atomic mass is 32.2. The third-order valence-electron chi connectivity index (χ3n) is 2.59. The van der Waals surface area contributed by atoms with Gasteiger partial charge >= 0.3 is 0 Å². The van der Waals surface area contributed by atoms with Crippen LogP contribution in [0.4, 0.5) is 5.13 Å². The van der Waals surface area contributed by atoms with Crippen molar-refractivity contribution in [3.63, 3.8) is 0 Å². The summed E-state index contributed by atoms with van der Waals surface area (Å²) in [6.07, 6.45) is 1.64. The van der Waals surface area contributed by atoms with Crippen LogP contribution in [0.5, 0.6) is 0 Å². The lowest BCUT2D eigenvalue weighted by Gasteiger charge is -2.10. The second-order valence-electron chi connectivity index (χ2n) is 4.01. The molecule has 2 heterocycles. The predicted molar refractivity (Wildman–Crippen MR) is 70.4 cm³/mol. The molecule has 0 bridgehead atoms. The number of carbonyl (C=O) groups is 1. The van der Waals surface area contributed by atoms with Crippen LogP contribution in [0.1, 0.15) is 19.8 Å². The van der Waals surface area contributed by atoms with Gasteiger partial charge in [0.05, 0.1) is 0 Å². The summed E-state index contributed by atoms with van der Waals surface area (Å²) in [6, 6.07) is 0. The summed E-state index contributed by atoms with van der Waals surface area (Å²) in [5.41, 5.74) is 5.59. The molecule has 0 saturated carbocycles. The van der Waals surface area contributed by atoms with E-state index in [0.717, 1.165) is 16.5 Å². The molecule has 1 aliphatic rings. The first-order valence-electron chi connectivity index (χ1n) is 5.71. The normalized spacial score (nSPS) is 20.2. The van der Waals surface area contributed by atoms with E-state index in [4.69, 9.17) is 5.73 Å². The van der Waals surface area contributed by atoms with Gasteiger partial charge in [-0.25, -0.2) is 0 Å². The largest absolute Gasteiger partial charge is 0.330 e. The number of nitrogens with two attached hydrogens (primary N) is 1. The molecule has 1 atom stereocenters. The average Bonchev–Trinajstić information content (AvgIpc) is 2.92. The first-order chi connectivity index (χ1) is 8.24. The lowest BCUT2D eigenvalue weighted by molar-refractivity contribution is -0.117. The number of aromatic nitrogens is 2. The molecule has 0 aromatic carbocycles. The number of thioether (sulfide) groups is 1. The van der Waals surface area contributed by atoms with Gasteiger partial charge in [-0.1, -0.05) is 30.0 Å². The molecule has 94 valence electrons. The molecule has 0 aliphatic carbocycles. The lowest BCUT2D eigenvalue weighted by atomic mass is 10.1. The predicted octanol–water partition coefficient (Wildman–Crippen LogP) is 1.35. The van der Waals surface area contributed by atoms with Crippen LogP contribution in [0.3, 0.4) is 0 Å². The smallest absolute Gasteiger partial charge is 0.229 e. The molecule has 2 rings (SSSR count). The fraction of sp³-hybridized carbons (Fsp3) is 0.700. The van der Waals surface area contributed by atoms with Crippen molar-refractivity contribution in [2.75, 3.05) is 23.7 Å². The maximum atomic E-state index is 11.8. The van der Waals surface area contributed by atoms with Crippen LogP contribution in [0, 0.1) is 5.92 Å². The minimum absolute atomic E-state index is 0.114. The number of rotatable bonds is 5. The zero-order valence-electron chi connectivity index (χ0n) is 9.76.